The molecule has 0 radical (unpaired) electrons. The Bertz CT molecular complexity index is 704. The second-order valence-electron chi connectivity index (χ2n) is 7.55. The maximum absolute atomic E-state index is 12.9. The van der Waals surface area contributed by atoms with Gasteiger partial charge in [0, 0.05) is 24.6 Å². The number of ether oxygens (including phenoxy) is 1. The Morgan fingerprint density at radius 3 is 2.43 bits per heavy atom. The molecule has 28 heavy (non-hydrogen) atoms. The van der Waals surface area contributed by atoms with E-state index in [1.54, 1.807) is 0 Å². The third kappa shape index (κ3) is 6.26. The van der Waals surface area contributed by atoms with Crippen molar-refractivity contribution in [2.75, 3.05) is 13.2 Å². The number of hydrogen-bond acceptors (Lipinski definition) is 4. The predicted molar refractivity (Wildman–Crippen MR) is 112 cm³/mol. The third-order valence-electron chi connectivity index (χ3n) is 5.39. The van der Waals surface area contributed by atoms with E-state index in [0.717, 1.165) is 37.8 Å². The van der Waals surface area contributed by atoms with Crippen molar-refractivity contribution < 1.29 is 14.6 Å². The summed E-state index contributed by atoms with van der Waals surface area (Å²) in [6.45, 7) is 1.31. The minimum atomic E-state index is -0.481. The van der Waals surface area contributed by atoms with E-state index in [9.17, 15) is 9.90 Å². The SMILES string of the molecule is O=C(c1ccccc1)C(Cc1ccccc1)OCCCNC1CCCCC1O. The summed E-state index contributed by atoms with van der Waals surface area (Å²) < 4.78 is 6.03. The Kier molecular flexibility index (Phi) is 8.22. The van der Waals surface area contributed by atoms with Gasteiger partial charge in [-0.3, -0.25) is 4.79 Å². The molecule has 2 N–H and O–H groups in total. The van der Waals surface area contributed by atoms with E-state index in [-0.39, 0.29) is 17.9 Å². The number of ketones is 1. The molecule has 0 aliphatic heterocycles. The lowest BCUT2D eigenvalue weighted by molar-refractivity contribution is 0.0391. The molecule has 1 aliphatic rings. The van der Waals surface area contributed by atoms with Gasteiger partial charge in [0.15, 0.2) is 5.78 Å². The summed E-state index contributed by atoms with van der Waals surface area (Å²) in [5.41, 5.74) is 1.78. The van der Waals surface area contributed by atoms with Gasteiger partial charge >= 0.3 is 0 Å². The predicted octanol–water partition coefficient (Wildman–Crippen LogP) is 3.78. The minimum absolute atomic E-state index is 0.0279. The molecule has 0 spiro atoms. The molecule has 0 aromatic heterocycles. The van der Waals surface area contributed by atoms with Gasteiger partial charge in [-0.25, -0.2) is 0 Å². The van der Waals surface area contributed by atoms with Gasteiger partial charge in [0.2, 0.25) is 0 Å². The molecule has 4 nitrogen and oxygen atoms in total. The maximum Gasteiger partial charge on any atom is 0.191 e. The summed E-state index contributed by atoms with van der Waals surface area (Å²) >= 11 is 0. The van der Waals surface area contributed by atoms with Gasteiger partial charge < -0.3 is 15.2 Å². The van der Waals surface area contributed by atoms with Gasteiger partial charge in [-0.2, -0.15) is 0 Å². The summed E-state index contributed by atoms with van der Waals surface area (Å²) in [5, 5.41) is 13.5. The van der Waals surface area contributed by atoms with Crippen molar-refractivity contribution in [1.82, 2.24) is 5.32 Å². The molecule has 0 saturated heterocycles. The van der Waals surface area contributed by atoms with Crippen LogP contribution in [0.3, 0.4) is 0 Å². The van der Waals surface area contributed by atoms with Crippen LogP contribution in [0.2, 0.25) is 0 Å². The van der Waals surface area contributed by atoms with Crippen molar-refractivity contribution in [1.29, 1.82) is 0 Å². The molecule has 0 heterocycles. The van der Waals surface area contributed by atoms with Gasteiger partial charge in [-0.05, 0) is 31.4 Å². The highest BCUT2D eigenvalue weighted by atomic mass is 16.5. The second-order valence-corrected chi connectivity index (χ2v) is 7.55. The topological polar surface area (TPSA) is 58.6 Å². The van der Waals surface area contributed by atoms with Gasteiger partial charge in [0.1, 0.15) is 6.10 Å². The van der Waals surface area contributed by atoms with Gasteiger partial charge in [-0.15, -0.1) is 0 Å². The summed E-state index contributed by atoms with van der Waals surface area (Å²) in [6.07, 6.45) is 4.88. The fraction of sp³-hybridized carbons (Fsp3) is 0.458. The first-order valence-electron chi connectivity index (χ1n) is 10.4. The van der Waals surface area contributed by atoms with Crippen molar-refractivity contribution in [3.8, 4) is 0 Å². The first-order chi connectivity index (χ1) is 13.7. The van der Waals surface area contributed by atoms with E-state index in [4.69, 9.17) is 4.74 Å². The zero-order valence-corrected chi connectivity index (χ0v) is 16.4. The number of aliphatic hydroxyl groups excluding tert-OH is 1. The first kappa shape index (κ1) is 20.7. The second kappa shape index (κ2) is 11.1. The van der Waals surface area contributed by atoms with Crippen LogP contribution in [0.1, 0.15) is 48.0 Å². The molecule has 3 rings (SSSR count). The first-order valence-corrected chi connectivity index (χ1v) is 10.4. The number of nitrogens with one attached hydrogen (secondary N) is 1. The molecular weight excluding hydrogens is 350 g/mol. The minimum Gasteiger partial charge on any atom is -0.392 e. The molecule has 1 saturated carbocycles. The zero-order valence-electron chi connectivity index (χ0n) is 16.4. The van der Waals surface area contributed by atoms with Crippen LogP contribution in [0.4, 0.5) is 0 Å². The van der Waals surface area contributed by atoms with Crippen LogP contribution in [-0.2, 0) is 11.2 Å². The molecule has 3 unspecified atom stereocenters. The fourth-order valence-corrected chi connectivity index (χ4v) is 3.78. The summed E-state index contributed by atoms with van der Waals surface area (Å²) in [4.78, 5) is 12.9. The summed E-state index contributed by atoms with van der Waals surface area (Å²) in [6, 6.07) is 19.6. The molecule has 150 valence electrons. The number of rotatable bonds is 10. The number of aliphatic hydroxyl groups is 1. The largest absolute Gasteiger partial charge is 0.392 e. The van der Waals surface area contributed by atoms with Crippen molar-refractivity contribution in [3.05, 3.63) is 71.8 Å². The van der Waals surface area contributed by atoms with Crippen LogP contribution in [-0.4, -0.2) is 42.3 Å². The highest BCUT2D eigenvalue weighted by Crippen LogP contribution is 2.18. The Balaban J connectivity index is 1.51. The van der Waals surface area contributed by atoms with Gasteiger partial charge in [0.05, 0.1) is 6.10 Å². The van der Waals surface area contributed by atoms with E-state index in [1.165, 1.54) is 6.42 Å². The lowest BCUT2D eigenvalue weighted by atomic mass is 9.92. The van der Waals surface area contributed by atoms with Crippen LogP contribution in [0, 0.1) is 0 Å². The van der Waals surface area contributed by atoms with Gasteiger partial charge in [-0.1, -0.05) is 73.5 Å². The molecule has 4 heteroatoms. The molecule has 2 aromatic carbocycles. The van der Waals surface area contributed by atoms with Crippen molar-refractivity contribution >= 4 is 5.78 Å². The van der Waals surface area contributed by atoms with E-state index >= 15 is 0 Å². The average molecular weight is 382 g/mol. The van der Waals surface area contributed by atoms with Crippen LogP contribution < -0.4 is 5.32 Å². The lowest BCUT2D eigenvalue weighted by Gasteiger charge is -2.28. The highest BCUT2D eigenvalue weighted by molar-refractivity contribution is 5.99. The summed E-state index contributed by atoms with van der Waals surface area (Å²) in [7, 11) is 0. The highest BCUT2D eigenvalue weighted by Gasteiger charge is 2.23. The number of Topliss-reactive ketones (excluding diaryl/α,β-unsaturated/α-hetero) is 1. The van der Waals surface area contributed by atoms with E-state index < -0.39 is 6.10 Å². The molecule has 1 fully saturated rings. The molecule has 0 bridgehead atoms. The van der Waals surface area contributed by atoms with Crippen molar-refractivity contribution in [2.45, 2.75) is 56.8 Å². The maximum atomic E-state index is 12.9. The van der Waals surface area contributed by atoms with Crippen molar-refractivity contribution in [2.24, 2.45) is 0 Å². The van der Waals surface area contributed by atoms with Crippen LogP contribution in [0.25, 0.3) is 0 Å². The number of carbonyl (C=O) groups excluding carboxylic acids is 1. The number of carbonyl (C=O) groups is 1. The lowest BCUT2D eigenvalue weighted by Crippen LogP contribution is -2.42. The molecular formula is C24H31NO3. The summed E-state index contributed by atoms with van der Waals surface area (Å²) in [5.74, 6) is 0.0279. The Morgan fingerprint density at radius 1 is 1.04 bits per heavy atom. The average Bonchev–Trinajstić information content (AvgIpc) is 2.75. The molecule has 2 aromatic rings. The Labute approximate surface area is 167 Å². The van der Waals surface area contributed by atoms with Crippen LogP contribution in [0.15, 0.2) is 60.7 Å². The zero-order chi connectivity index (χ0) is 19.6. The van der Waals surface area contributed by atoms with E-state index in [1.807, 2.05) is 60.7 Å². The van der Waals surface area contributed by atoms with Gasteiger partial charge in [0.25, 0.3) is 0 Å². The van der Waals surface area contributed by atoms with Crippen molar-refractivity contribution in [3.63, 3.8) is 0 Å². The standard InChI is InChI=1S/C24H31NO3/c26-22-15-8-7-14-21(22)25-16-9-17-28-23(18-19-10-3-1-4-11-19)24(27)20-12-5-2-6-13-20/h1-6,10-13,21-23,25-26H,7-9,14-18H2. The monoisotopic (exact) mass is 381 g/mol. The quantitative estimate of drug-likeness (QED) is 0.486. The normalized spacial score (nSPS) is 20.6. The smallest absolute Gasteiger partial charge is 0.191 e. The van der Waals surface area contributed by atoms with E-state index in [2.05, 4.69) is 5.32 Å². The number of benzene rings is 2. The fourth-order valence-electron chi connectivity index (χ4n) is 3.78. The molecule has 0 amide bonds. The number of hydrogen-bond donors (Lipinski definition) is 2. The molecule has 1 aliphatic carbocycles. The molecule has 3 atom stereocenters. The Morgan fingerprint density at radius 2 is 1.71 bits per heavy atom. The Hall–Kier alpha value is -2.01. The van der Waals surface area contributed by atoms with Crippen LogP contribution >= 0.6 is 0 Å². The third-order valence-corrected chi connectivity index (χ3v) is 5.39. The van der Waals surface area contributed by atoms with E-state index in [0.29, 0.717) is 18.6 Å². The van der Waals surface area contributed by atoms with Crippen LogP contribution in [0.5, 0.6) is 0 Å².